The van der Waals surface area contributed by atoms with Crippen LogP contribution in [0.2, 0.25) is 0 Å². The van der Waals surface area contributed by atoms with E-state index in [2.05, 4.69) is 40.4 Å². The highest BCUT2D eigenvalue weighted by atomic mass is 16.8. The summed E-state index contributed by atoms with van der Waals surface area (Å²) in [5.41, 5.74) is 0. The van der Waals surface area contributed by atoms with E-state index in [1.54, 1.807) is 6.08 Å². The molecule has 7 fully saturated rings. The minimum Gasteiger partial charge on any atom is -0.544 e. The molecule has 55 nitrogen and oxygen atoms in total. The Hall–Kier alpha value is -6.06. The molecule has 7 rings (SSSR count). The number of allylic oxidation sites excluding steroid dienone is 1. The second-order valence-corrected chi connectivity index (χ2v) is 39.2. The van der Waals surface area contributed by atoms with Gasteiger partial charge in [-0.2, -0.15) is 0 Å². The quantitative estimate of drug-likeness (QED) is 0.0199. The van der Waals surface area contributed by atoms with Crippen molar-refractivity contribution in [3.63, 3.8) is 0 Å². The molecule has 0 aromatic rings. The van der Waals surface area contributed by atoms with Crippen LogP contribution < -0.4 is 60.4 Å². The molecule has 40 atom stereocenters. The summed E-state index contributed by atoms with van der Waals surface area (Å²) in [6, 6.07) is -9.53. The highest BCUT2D eigenvalue weighted by Crippen LogP contribution is 2.45. The van der Waals surface area contributed by atoms with Crippen LogP contribution in [0.25, 0.3) is 0 Å². The number of quaternary nitrogens is 3. The number of aliphatic hydroxyl groups is 22. The summed E-state index contributed by atoms with van der Waals surface area (Å²) in [6.07, 6.45) is -49.5. The van der Waals surface area contributed by atoms with Crippen LogP contribution in [0, 0.1) is 0 Å². The first-order valence-electron chi connectivity index (χ1n) is 51.3. The van der Waals surface area contributed by atoms with Crippen LogP contribution >= 0.6 is 0 Å². The lowest BCUT2D eigenvalue weighted by Gasteiger charge is -2.54. The predicted octanol–water partition coefficient (Wildman–Crippen LogP) is -9.57. The van der Waals surface area contributed by atoms with Gasteiger partial charge in [-0.3, -0.25) is 24.0 Å². The van der Waals surface area contributed by atoms with Crippen molar-refractivity contribution in [2.75, 3.05) is 52.9 Å². The molecular weight excluding hydrogens is 2010 g/mol. The molecule has 7 saturated heterocycles. The van der Waals surface area contributed by atoms with E-state index in [1.807, 2.05) is 0 Å². The zero-order valence-electron chi connectivity index (χ0n) is 87.1. The number of nitrogens with one attached hydrogen (secondary N) is 5. The minimum absolute atomic E-state index is 0. The molecule has 0 unspecified atom stereocenters. The molecule has 7 aliphatic rings. The number of carbonyl (C=O) groups is 8. The summed E-state index contributed by atoms with van der Waals surface area (Å²) in [5.74, 6) is -23.4. The smallest absolute Gasteiger partial charge is 0.220 e. The van der Waals surface area contributed by atoms with Crippen molar-refractivity contribution in [2.45, 2.75) is 484 Å². The van der Waals surface area contributed by atoms with Gasteiger partial charge < -0.3 is 253 Å². The molecule has 876 valence electrons. The van der Waals surface area contributed by atoms with E-state index in [1.165, 1.54) is 83.1 Å². The van der Waals surface area contributed by atoms with Crippen molar-refractivity contribution >= 4 is 47.4 Å². The topological polar surface area (TPSA) is 950 Å². The molecule has 55 heteroatoms. The Bertz CT molecular complexity index is 3930. The number of hydrogen-bond acceptors (Lipinski definition) is 47. The molecule has 39 N–H and O–H groups in total. The molecule has 0 bridgehead atoms. The maximum atomic E-state index is 14.5. The van der Waals surface area contributed by atoms with Crippen LogP contribution in [0.15, 0.2) is 12.2 Å². The molecule has 7 heterocycles. The van der Waals surface area contributed by atoms with E-state index in [0.717, 1.165) is 111 Å². The molecule has 0 radical (unpaired) electrons. The predicted molar refractivity (Wildman–Crippen MR) is 511 cm³/mol. The lowest BCUT2D eigenvalue weighted by molar-refractivity contribution is -0.424. The number of ether oxygens (including phenoxy) is 14. The zero-order valence-corrected chi connectivity index (χ0v) is 87.1. The van der Waals surface area contributed by atoms with Crippen LogP contribution in [0.3, 0.4) is 0 Å². The lowest BCUT2D eigenvalue weighted by Crippen LogP contribution is -2.74. The molecule has 150 heavy (non-hydrogen) atoms. The number of rotatable bonds is 66. The average Bonchev–Trinajstić information content (AvgIpc) is 0.742. The fourth-order valence-corrected chi connectivity index (χ4v) is 19.5. The van der Waals surface area contributed by atoms with Gasteiger partial charge in [-0.15, -0.1) is 0 Å². The third-order valence-electron chi connectivity index (χ3n) is 27.5. The van der Waals surface area contributed by atoms with E-state index in [4.69, 9.17) is 66.3 Å². The second-order valence-electron chi connectivity index (χ2n) is 39.2. The molecule has 0 aromatic heterocycles. The fourth-order valence-electron chi connectivity index (χ4n) is 19.5. The molecule has 0 aromatic carbocycles. The fraction of sp³-hybridized carbons (Fsp3) is 0.895. The number of carboxylic acids is 3. The maximum Gasteiger partial charge on any atom is 0.220 e. The van der Waals surface area contributed by atoms with Crippen molar-refractivity contribution in [3.8, 4) is 0 Å². The van der Waals surface area contributed by atoms with Gasteiger partial charge in [-0.25, -0.2) is 0 Å². The highest BCUT2D eigenvalue weighted by Gasteiger charge is 2.64. The van der Waals surface area contributed by atoms with Gasteiger partial charge in [0.15, 0.2) is 25.2 Å². The molecule has 5 amide bonds. The summed E-state index contributed by atoms with van der Waals surface area (Å²) in [6.45, 7) is -2.54. The van der Waals surface area contributed by atoms with Gasteiger partial charge in [0.1, 0.15) is 170 Å². The largest absolute Gasteiger partial charge is 0.544 e. The van der Waals surface area contributed by atoms with Gasteiger partial charge >= 0.3 is 0 Å². The van der Waals surface area contributed by atoms with Gasteiger partial charge in [0, 0.05) is 53.4 Å². The number of unbranched alkanes of at least 4 members (excludes halogenated alkanes) is 25. The van der Waals surface area contributed by atoms with Crippen molar-refractivity contribution in [1.29, 1.82) is 0 Å². The van der Waals surface area contributed by atoms with E-state index >= 15 is 0 Å². The van der Waals surface area contributed by atoms with Crippen molar-refractivity contribution in [1.82, 2.24) is 45.0 Å². The van der Waals surface area contributed by atoms with Crippen LogP contribution in [0.5, 0.6) is 0 Å². The number of aliphatic hydroxyl groups excluding tert-OH is 22. The van der Waals surface area contributed by atoms with Gasteiger partial charge in [-0.1, -0.05) is 180 Å². The van der Waals surface area contributed by atoms with Crippen LogP contribution in [-0.4, -0.2) is 456 Å². The van der Waals surface area contributed by atoms with Gasteiger partial charge in [0.25, 0.3) is 0 Å². The van der Waals surface area contributed by atoms with E-state index in [-0.39, 0.29) is 24.9 Å². The first kappa shape index (κ1) is 136. The van der Waals surface area contributed by atoms with Crippen molar-refractivity contribution in [3.05, 3.63) is 12.2 Å². The molecule has 0 spiro atoms. The van der Waals surface area contributed by atoms with Gasteiger partial charge in [0.05, 0.1) is 101 Å². The number of amides is 5. The van der Waals surface area contributed by atoms with Crippen LogP contribution in [0.4, 0.5) is 0 Å². The Balaban J connectivity index is 0.0000156. The van der Waals surface area contributed by atoms with Crippen LogP contribution in [0.1, 0.15) is 241 Å². The van der Waals surface area contributed by atoms with Gasteiger partial charge in [-0.05, 0) is 19.3 Å². The van der Waals surface area contributed by atoms with E-state index < -0.39 is 363 Å². The van der Waals surface area contributed by atoms with Crippen LogP contribution in [-0.2, 0) is 105 Å². The van der Waals surface area contributed by atoms with Crippen molar-refractivity contribution < 1.29 is 232 Å². The number of carbonyl (C=O) groups excluding carboxylic acids is 8. The Morgan fingerprint density at radius 3 is 1.12 bits per heavy atom. The lowest BCUT2D eigenvalue weighted by atomic mass is 9.87. The summed E-state index contributed by atoms with van der Waals surface area (Å²) in [4.78, 5) is 107. The summed E-state index contributed by atoms with van der Waals surface area (Å²) < 4.78 is 84.0. The highest BCUT2D eigenvalue weighted by molar-refractivity contribution is 5.78. The molecule has 0 saturated carbocycles. The Morgan fingerprint density at radius 1 is 0.373 bits per heavy atom. The maximum absolute atomic E-state index is 14.5. The number of aliphatic carboxylic acids is 3. The Kier molecular flexibility index (Phi) is 61.1. The normalized spacial score (nSPS) is 34.8. The SMILES string of the molecule is CCCCCCCCCCCCC/C=C/[C@@H](O)[C@H](CO[C@@H]1O[C@H](CO)[C@@H](O[C@@H]2O[C@H](CO)[C@H](O[C@@H]3O[C@H](CO)[C@H](O)[C@H](O[C@@H]4O[C@H](CO)[C@H](O)[C@H](O[C@]5(C(=O)[O-])C[C@H](O)[C@@H](NC(C)=O)[C@H]([C@H](O)[C@H](O)CO)O5)[C@H]4O)[C@H]3NC(C)=O)[C@H](O[C@]3(C(=O)[O-])C[C@H](O)[C@@H](NC(C)=O)[C@H]([C@H](O)[C@@H](CO)O[C@]4(C(=O)[O-])C[C@H](O)[C@@H](NC(C)=O)[C@H]([C@H](O)[C@H](O)CO)O4)O3)[C@H]2O)[C@H](O)[C@H]1O)NC(=O)CCCCCCCCCCCCCCCCC.[NH4+].[NH4+].[NH4+]. The van der Waals surface area contributed by atoms with Gasteiger partial charge in [0.2, 0.25) is 46.9 Å². The number of carboxylic acid groups (broad SMARTS) is 3. The third-order valence-corrected chi connectivity index (χ3v) is 27.5. The summed E-state index contributed by atoms with van der Waals surface area (Å²) in [7, 11) is 0. The monoisotopic (exact) mass is 2180 g/mol. The second kappa shape index (κ2) is 67.2. The van der Waals surface area contributed by atoms with Crippen molar-refractivity contribution in [2.24, 2.45) is 0 Å². The summed E-state index contributed by atoms with van der Waals surface area (Å²) >= 11 is 0. The molecular formula is C95H174N8O47. The van der Waals surface area contributed by atoms with E-state index in [0.29, 0.717) is 12.8 Å². The molecule has 0 aliphatic carbocycles. The summed E-state index contributed by atoms with van der Waals surface area (Å²) in [5, 5.41) is 306. The first-order valence-corrected chi connectivity index (χ1v) is 51.3. The minimum atomic E-state index is -3.94. The van der Waals surface area contributed by atoms with E-state index in [9.17, 15) is 166 Å². The average molecular weight is 2180 g/mol. The molecule has 7 aliphatic heterocycles. The Labute approximate surface area is 870 Å². The number of hydrogen-bond donors (Lipinski definition) is 30. The third kappa shape index (κ3) is 38.1. The zero-order chi connectivity index (χ0) is 109. The Morgan fingerprint density at radius 2 is 0.713 bits per heavy atom. The standard InChI is InChI=1S/C95H165N5O47.3H3N/c1-7-9-11-13-15-17-19-21-22-24-26-28-30-32-34-36-64(118)100-52(53(112)35-33-31-29-27-25-23-20-18-16-14-12-10-8-2)47-134-87-75(125)74(124)78(62(45-106)137-87)139-89-77(127)85(147-95(92(132)133)39-56(115)67(98-50(5)110)83(145-95)73(123)61(44-105)142-93(90(128)129)37-54(113)65(96-48(3)108)81(143-93)69(119)57(116)40-101)79(63(46-107)138-89)140-86-68(99-51(6)111)80(71(121)59(42-103)135-86)141-88-76(126)84(72(122)60(43-104)136-88)146-94(91(130)131)38-55(114)66(97-49(4)109)82(144-94)70(120)58(117)41-102;;;/h33,35,52-63,65-89,101-107,112-117,119-127H,7-32,34,36-47H2,1-6H3,(H,96,108)(H,97,109)(H,98,110)(H,99,111)(H,100,118)(H,128,129)(H,130,131)(H,132,133);3*1H3/b35-33+;;;/t52-,53+,54-,55-,56-,57+,58+,59+,60+,61+,62+,63+,65+,66+,67+,68+,69+,70+,71-,72-,73+,74+,75+,76+,77+,78+,79-,80+,81+,82+,83+,84-,85+,86-,87+,88-,89-,93+,94-,95-;;;/m0.../s1. The first-order chi connectivity index (χ1) is 69.9.